The largest absolute Gasteiger partial charge is 0.316 e. The second kappa shape index (κ2) is 9.09. The number of fused-ring (bicyclic) bond motifs is 1. The van der Waals surface area contributed by atoms with Gasteiger partial charge in [0.15, 0.2) is 4.80 Å². The highest BCUT2D eigenvalue weighted by molar-refractivity contribution is 7.89. The number of hydrogen-bond donors (Lipinski definition) is 0. The number of halogens is 1. The number of nitrogens with zero attached hydrogens (tertiary/aromatic N) is 3. The molecule has 0 radical (unpaired) electrons. The van der Waals surface area contributed by atoms with Gasteiger partial charge in [-0.25, -0.2) is 8.42 Å². The van der Waals surface area contributed by atoms with E-state index in [-0.39, 0.29) is 4.90 Å². The van der Waals surface area contributed by atoms with Gasteiger partial charge in [-0.05, 0) is 74.6 Å². The predicted molar refractivity (Wildman–Crippen MR) is 129 cm³/mol. The Balaban J connectivity index is 1.64. The quantitative estimate of drug-likeness (QED) is 0.524. The SMILES string of the molecule is CCn1c(=NC(=O)c2ccc(S(=O)(=O)N3CCC(C)CC3)cc2)sc2ccc(Cl)c(C)c21. The Kier molecular flexibility index (Phi) is 6.58. The summed E-state index contributed by atoms with van der Waals surface area (Å²) in [6.07, 6.45) is 1.73. The van der Waals surface area contributed by atoms with Crippen molar-refractivity contribution in [3.63, 3.8) is 0 Å². The van der Waals surface area contributed by atoms with Crippen LogP contribution in [-0.4, -0.2) is 36.3 Å². The molecule has 0 unspecified atom stereocenters. The fourth-order valence-electron chi connectivity index (χ4n) is 3.99. The molecule has 170 valence electrons. The van der Waals surface area contributed by atoms with Crippen LogP contribution in [0.5, 0.6) is 0 Å². The average Bonchev–Trinajstić information content (AvgIpc) is 3.14. The highest BCUT2D eigenvalue weighted by Gasteiger charge is 2.28. The molecule has 2 aromatic carbocycles. The average molecular weight is 492 g/mol. The first-order valence-corrected chi connectivity index (χ1v) is 13.3. The van der Waals surface area contributed by atoms with E-state index >= 15 is 0 Å². The molecule has 3 aromatic rings. The summed E-state index contributed by atoms with van der Waals surface area (Å²) in [5.41, 5.74) is 2.29. The summed E-state index contributed by atoms with van der Waals surface area (Å²) in [7, 11) is -3.55. The number of piperidine rings is 1. The van der Waals surface area contributed by atoms with Gasteiger partial charge in [-0.15, -0.1) is 0 Å². The van der Waals surface area contributed by atoms with Gasteiger partial charge in [0, 0.05) is 30.2 Å². The Morgan fingerprint density at radius 1 is 1.16 bits per heavy atom. The maximum Gasteiger partial charge on any atom is 0.279 e. The lowest BCUT2D eigenvalue weighted by Gasteiger charge is -2.29. The molecule has 1 aliphatic rings. The van der Waals surface area contributed by atoms with Crippen LogP contribution in [0.15, 0.2) is 46.3 Å². The van der Waals surface area contributed by atoms with Crippen LogP contribution in [0.2, 0.25) is 5.02 Å². The summed E-state index contributed by atoms with van der Waals surface area (Å²) in [4.78, 5) is 18.0. The molecule has 0 spiro atoms. The first-order chi connectivity index (χ1) is 15.2. The van der Waals surface area contributed by atoms with E-state index in [9.17, 15) is 13.2 Å². The first kappa shape index (κ1) is 23.2. The molecule has 1 amide bonds. The minimum atomic E-state index is -3.55. The van der Waals surface area contributed by atoms with Crippen molar-refractivity contribution in [3.8, 4) is 0 Å². The topological polar surface area (TPSA) is 71.7 Å². The molecular weight excluding hydrogens is 466 g/mol. The zero-order chi connectivity index (χ0) is 23.0. The highest BCUT2D eigenvalue weighted by atomic mass is 35.5. The van der Waals surface area contributed by atoms with Crippen molar-refractivity contribution in [2.75, 3.05) is 13.1 Å². The molecule has 0 N–H and O–H groups in total. The van der Waals surface area contributed by atoms with Crippen LogP contribution in [-0.2, 0) is 16.6 Å². The molecule has 0 saturated carbocycles. The highest BCUT2D eigenvalue weighted by Crippen LogP contribution is 2.27. The van der Waals surface area contributed by atoms with E-state index in [1.807, 2.05) is 30.5 Å². The second-order valence-corrected chi connectivity index (χ2v) is 11.5. The zero-order valence-electron chi connectivity index (χ0n) is 18.3. The van der Waals surface area contributed by atoms with E-state index in [2.05, 4.69) is 11.9 Å². The van der Waals surface area contributed by atoms with Crippen molar-refractivity contribution in [2.24, 2.45) is 10.9 Å². The fraction of sp³-hybridized carbons (Fsp3) is 0.391. The molecule has 0 atom stereocenters. The monoisotopic (exact) mass is 491 g/mol. The molecule has 6 nitrogen and oxygen atoms in total. The number of aromatic nitrogens is 1. The molecule has 0 bridgehead atoms. The van der Waals surface area contributed by atoms with Crippen molar-refractivity contribution in [1.29, 1.82) is 0 Å². The molecular formula is C23H26ClN3O3S2. The number of sulfonamides is 1. The van der Waals surface area contributed by atoms with Gasteiger partial charge < -0.3 is 4.57 Å². The second-order valence-electron chi connectivity index (χ2n) is 8.18. The van der Waals surface area contributed by atoms with Crippen molar-refractivity contribution in [3.05, 3.63) is 57.3 Å². The summed E-state index contributed by atoms with van der Waals surface area (Å²) in [5.74, 6) is 0.140. The molecule has 0 aliphatic carbocycles. The van der Waals surface area contributed by atoms with Gasteiger partial charge in [-0.1, -0.05) is 29.9 Å². The smallest absolute Gasteiger partial charge is 0.279 e. The third kappa shape index (κ3) is 4.29. The summed E-state index contributed by atoms with van der Waals surface area (Å²) in [6, 6.07) is 9.86. The van der Waals surface area contributed by atoms with E-state index in [4.69, 9.17) is 11.6 Å². The van der Waals surface area contributed by atoms with Crippen LogP contribution in [0.4, 0.5) is 0 Å². The Labute approximate surface area is 197 Å². The van der Waals surface area contributed by atoms with Crippen molar-refractivity contribution < 1.29 is 13.2 Å². The molecule has 32 heavy (non-hydrogen) atoms. The number of benzene rings is 2. The third-order valence-electron chi connectivity index (χ3n) is 6.03. The van der Waals surface area contributed by atoms with Crippen LogP contribution in [0.1, 0.15) is 42.6 Å². The minimum Gasteiger partial charge on any atom is -0.316 e. The van der Waals surface area contributed by atoms with E-state index in [0.717, 1.165) is 28.6 Å². The molecule has 9 heteroatoms. The number of thiazole rings is 1. The number of carbonyl (C=O) groups excluding carboxylic acids is 1. The predicted octanol–water partition coefficient (Wildman–Crippen LogP) is 4.85. The minimum absolute atomic E-state index is 0.208. The number of amides is 1. The number of rotatable bonds is 4. The number of aryl methyl sites for hydroxylation is 2. The van der Waals surface area contributed by atoms with Gasteiger partial charge in [0.2, 0.25) is 10.0 Å². The molecule has 1 fully saturated rings. The van der Waals surface area contributed by atoms with Crippen LogP contribution in [0.3, 0.4) is 0 Å². The fourth-order valence-corrected chi connectivity index (χ4v) is 6.76. The van der Waals surface area contributed by atoms with Crippen molar-refractivity contribution >= 4 is 49.1 Å². The molecule has 1 saturated heterocycles. The van der Waals surface area contributed by atoms with Crippen LogP contribution >= 0.6 is 22.9 Å². The third-order valence-corrected chi connectivity index (χ3v) is 9.39. The van der Waals surface area contributed by atoms with E-state index in [1.54, 1.807) is 0 Å². The molecule has 2 heterocycles. The van der Waals surface area contributed by atoms with Gasteiger partial charge in [0.05, 0.1) is 15.1 Å². The van der Waals surface area contributed by atoms with Gasteiger partial charge in [0.25, 0.3) is 5.91 Å². The summed E-state index contributed by atoms with van der Waals surface area (Å²) >= 11 is 7.72. The summed E-state index contributed by atoms with van der Waals surface area (Å²) in [6.45, 7) is 7.81. The lowest BCUT2D eigenvalue weighted by Crippen LogP contribution is -2.37. The zero-order valence-corrected chi connectivity index (χ0v) is 20.7. The standard InChI is InChI=1S/C23H26ClN3O3S2/c1-4-27-21-16(3)19(24)9-10-20(21)31-23(27)25-22(28)17-5-7-18(8-6-17)32(29,30)26-13-11-15(2)12-14-26/h5-10,15H,4,11-14H2,1-3H3. The Bertz CT molecular complexity index is 1330. The Morgan fingerprint density at radius 2 is 1.81 bits per heavy atom. The maximum absolute atomic E-state index is 12.9. The number of hydrogen-bond acceptors (Lipinski definition) is 4. The van der Waals surface area contributed by atoms with Gasteiger partial charge in [0.1, 0.15) is 0 Å². The summed E-state index contributed by atoms with van der Waals surface area (Å²) < 4.78 is 30.4. The van der Waals surface area contributed by atoms with Gasteiger partial charge in [-0.2, -0.15) is 9.30 Å². The normalized spacial score (nSPS) is 16.7. The molecule has 4 rings (SSSR count). The van der Waals surface area contributed by atoms with Crippen LogP contribution < -0.4 is 4.80 Å². The Morgan fingerprint density at radius 3 is 2.44 bits per heavy atom. The van der Waals surface area contributed by atoms with E-state index < -0.39 is 15.9 Å². The van der Waals surface area contributed by atoms with Crippen LogP contribution in [0, 0.1) is 12.8 Å². The summed E-state index contributed by atoms with van der Waals surface area (Å²) in [5, 5.41) is 0.676. The van der Waals surface area contributed by atoms with Crippen molar-refractivity contribution in [2.45, 2.75) is 45.1 Å². The van der Waals surface area contributed by atoms with Crippen LogP contribution in [0.25, 0.3) is 10.2 Å². The molecule has 1 aromatic heterocycles. The first-order valence-electron chi connectivity index (χ1n) is 10.7. The van der Waals surface area contributed by atoms with Crippen molar-refractivity contribution in [1.82, 2.24) is 8.87 Å². The van der Waals surface area contributed by atoms with E-state index in [1.165, 1.54) is 39.9 Å². The van der Waals surface area contributed by atoms with Gasteiger partial charge >= 0.3 is 0 Å². The number of carbonyl (C=O) groups is 1. The lowest BCUT2D eigenvalue weighted by molar-refractivity contribution is 0.0997. The maximum atomic E-state index is 12.9. The van der Waals surface area contributed by atoms with Gasteiger partial charge in [-0.3, -0.25) is 4.79 Å². The lowest BCUT2D eigenvalue weighted by atomic mass is 10.0. The van der Waals surface area contributed by atoms with E-state index in [0.29, 0.717) is 40.9 Å². The Hall–Kier alpha value is -2.00. The molecule has 1 aliphatic heterocycles.